The Morgan fingerprint density at radius 3 is 2.53 bits per heavy atom. The predicted molar refractivity (Wildman–Crippen MR) is 76.9 cm³/mol. The molecule has 4 nitrogen and oxygen atoms in total. The van der Waals surface area contributed by atoms with Gasteiger partial charge in [-0.05, 0) is 30.3 Å². The molecule has 0 spiro atoms. The SMILES string of the molecule is O=[N+]([O-])c1cc(Cl)ccc1CNc1cccc(Cl)c1. The molecule has 0 atom stereocenters. The van der Waals surface area contributed by atoms with Crippen LogP contribution in [0.3, 0.4) is 0 Å². The van der Waals surface area contributed by atoms with Crippen molar-refractivity contribution in [3.8, 4) is 0 Å². The van der Waals surface area contributed by atoms with Gasteiger partial charge in [-0.1, -0.05) is 29.3 Å². The van der Waals surface area contributed by atoms with Crippen molar-refractivity contribution in [3.05, 3.63) is 68.2 Å². The predicted octanol–water partition coefficient (Wildman–Crippen LogP) is 4.51. The fourth-order valence-electron chi connectivity index (χ4n) is 1.65. The normalized spacial score (nSPS) is 10.2. The summed E-state index contributed by atoms with van der Waals surface area (Å²) in [6, 6.07) is 11.8. The zero-order chi connectivity index (χ0) is 13.8. The fraction of sp³-hybridized carbons (Fsp3) is 0.0769. The third-order valence-electron chi connectivity index (χ3n) is 2.55. The van der Waals surface area contributed by atoms with E-state index in [-0.39, 0.29) is 5.69 Å². The van der Waals surface area contributed by atoms with Crippen molar-refractivity contribution < 1.29 is 4.92 Å². The maximum absolute atomic E-state index is 10.9. The molecule has 0 fully saturated rings. The molecule has 0 bridgehead atoms. The van der Waals surface area contributed by atoms with Crippen LogP contribution in [0.25, 0.3) is 0 Å². The molecule has 0 amide bonds. The smallest absolute Gasteiger partial charge is 0.275 e. The van der Waals surface area contributed by atoms with Crippen molar-refractivity contribution >= 4 is 34.6 Å². The van der Waals surface area contributed by atoms with Crippen LogP contribution in [-0.2, 0) is 6.54 Å². The van der Waals surface area contributed by atoms with Crippen LogP contribution in [0.2, 0.25) is 10.0 Å². The number of halogens is 2. The van der Waals surface area contributed by atoms with E-state index in [1.807, 2.05) is 6.07 Å². The summed E-state index contributed by atoms with van der Waals surface area (Å²) in [5.74, 6) is 0. The molecule has 0 aliphatic carbocycles. The van der Waals surface area contributed by atoms with Crippen LogP contribution in [0, 0.1) is 10.1 Å². The second kappa shape index (κ2) is 5.91. The maximum atomic E-state index is 10.9. The monoisotopic (exact) mass is 296 g/mol. The van der Waals surface area contributed by atoms with E-state index in [0.717, 1.165) is 5.69 Å². The summed E-state index contributed by atoms with van der Waals surface area (Å²) in [7, 11) is 0. The Kier molecular flexibility index (Phi) is 4.24. The van der Waals surface area contributed by atoms with E-state index in [0.29, 0.717) is 22.2 Å². The molecular weight excluding hydrogens is 287 g/mol. The molecule has 0 aliphatic heterocycles. The van der Waals surface area contributed by atoms with E-state index in [2.05, 4.69) is 5.32 Å². The Hall–Kier alpha value is -1.78. The summed E-state index contributed by atoms with van der Waals surface area (Å²) >= 11 is 11.6. The van der Waals surface area contributed by atoms with Crippen molar-refractivity contribution in [1.29, 1.82) is 0 Å². The van der Waals surface area contributed by atoms with Crippen molar-refractivity contribution in [2.75, 3.05) is 5.32 Å². The van der Waals surface area contributed by atoms with Crippen molar-refractivity contribution in [2.24, 2.45) is 0 Å². The molecule has 98 valence electrons. The van der Waals surface area contributed by atoms with Gasteiger partial charge < -0.3 is 5.32 Å². The summed E-state index contributed by atoms with van der Waals surface area (Å²) in [6.45, 7) is 0.327. The Morgan fingerprint density at radius 2 is 1.84 bits per heavy atom. The van der Waals surface area contributed by atoms with Gasteiger partial charge in [0.15, 0.2) is 0 Å². The van der Waals surface area contributed by atoms with Gasteiger partial charge >= 0.3 is 0 Å². The minimum atomic E-state index is -0.444. The van der Waals surface area contributed by atoms with E-state index in [1.165, 1.54) is 6.07 Å². The minimum absolute atomic E-state index is 0.00188. The number of nitrogens with one attached hydrogen (secondary N) is 1. The lowest BCUT2D eigenvalue weighted by molar-refractivity contribution is -0.385. The van der Waals surface area contributed by atoms with Crippen molar-refractivity contribution in [2.45, 2.75) is 6.54 Å². The quantitative estimate of drug-likeness (QED) is 0.667. The molecule has 0 aliphatic rings. The van der Waals surface area contributed by atoms with E-state index >= 15 is 0 Å². The van der Waals surface area contributed by atoms with Gasteiger partial charge in [0.2, 0.25) is 0 Å². The number of rotatable bonds is 4. The second-order valence-electron chi connectivity index (χ2n) is 3.89. The van der Waals surface area contributed by atoms with E-state index in [4.69, 9.17) is 23.2 Å². The van der Waals surface area contributed by atoms with Gasteiger partial charge in [0.25, 0.3) is 5.69 Å². The number of benzene rings is 2. The largest absolute Gasteiger partial charge is 0.381 e. The molecule has 0 saturated heterocycles. The fourth-order valence-corrected chi connectivity index (χ4v) is 2.01. The number of anilines is 1. The third kappa shape index (κ3) is 3.59. The molecule has 2 rings (SSSR count). The Balaban J connectivity index is 2.17. The average Bonchev–Trinajstić information content (AvgIpc) is 2.37. The lowest BCUT2D eigenvalue weighted by Gasteiger charge is -2.07. The summed E-state index contributed by atoms with van der Waals surface area (Å²) in [6.07, 6.45) is 0. The number of nitro groups is 1. The Morgan fingerprint density at radius 1 is 1.11 bits per heavy atom. The Labute approximate surface area is 120 Å². The number of hydrogen-bond donors (Lipinski definition) is 1. The highest BCUT2D eigenvalue weighted by Gasteiger charge is 2.13. The van der Waals surface area contributed by atoms with Crippen LogP contribution < -0.4 is 5.32 Å². The van der Waals surface area contributed by atoms with Crippen LogP contribution in [0.15, 0.2) is 42.5 Å². The van der Waals surface area contributed by atoms with Gasteiger partial charge in [0.1, 0.15) is 0 Å². The van der Waals surface area contributed by atoms with E-state index in [9.17, 15) is 10.1 Å². The number of nitrogens with zero attached hydrogens (tertiary/aromatic N) is 1. The molecule has 6 heteroatoms. The molecule has 2 aromatic carbocycles. The van der Waals surface area contributed by atoms with Gasteiger partial charge in [-0.2, -0.15) is 0 Å². The van der Waals surface area contributed by atoms with Crippen LogP contribution in [0.5, 0.6) is 0 Å². The topological polar surface area (TPSA) is 55.2 Å². The molecule has 2 aromatic rings. The van der Waals surface area contributed by atoms with Gasteiger partial charge in [0.05, 0.1) is 4.92 Å². The summed E-state index contributed by atoms with van der Waals surface area (Å²) < 4.78 is 0. The molecule has 0 unspecified atom stereocenters. The first-order valence-electron chi connectivity index (χ1n) is 5.48. The van der Waals surface area contributed by atoms with Crippen LogP contribution >= 0.6 is 23.2 Å². The third-order valence-corrected chi connectivity index (χ3v) is 3.02. The Bertz CT molecular complexity index is 617. The lowest BCUT2D eigenvalue weighted by Crippen LogP contribution is -2.03. The molecule has 0 aromatic heterocycles. The number of nitro benzene ring substituents is 1. The maximum Gasteiger partial charge on any atom is 0.275 e. The zero-order valence-corrected chi connectivity index (χ0v) is 11.3. The molecular formula is C13H10Cl2N2O2. The molecule has 1 N–H and O–H groups in total. The van der Waals surface area contributed by atoms with Gasteiger partial charge in [-0.15, -0.1) is 0 Å². The highest BCUT2D eigenvalue weighted by atomic mass is 35.5. The van der Waals surface area contributed by atoms with Gasteiger partial charge in [-0.3, -0.25) is 10.1 Å². The molecule has 0 saturated carbocycles. The van der Waals surface area contributed by atoms with E-state index in [1.54, 1.807) is 30.3 Å². The van der Waals surface area contributed by atoms with Crippen LogP contribution in [0.4, 0.5) is 11.4 Å². The van der Waals surface area contributed by atoms with Crippen LogP contribution in [0.1, 0.15) is 5.56 Å². The van der Waals surface area contributed by atoms with Gasteiger partial charge in [0, 0.05) is 33.9 Å². The highest BCUT2D eigenvalue weighted by Crippen LogP contribution is 2.24. The van der Waals surface area contributed by atoms with Crippen LogP contribution in [-0.4, -0.2) is 4.92 Å². The molecule has 19 heavy (non-hydrogen) atoms. The van der Waals surface area contributed by atoms with Gasteiger partial charge in [-0.25, -0.2) is 0 Å². The summed E-state index contributed by atoms with van der Waals surface area (Å²) in [4.78, 5) is 10.5. The molecule has 0 heterocycles. The summed E-state index contributed by atoms with van der Waals surface area (Å²) in [5, 5.41) is 15.0. The second-order valence-corrected chi connectivity index (χ2v) is 4.77. The lowest BCUT2D eigenvalue weighted by atomic mass is 10.1. The van der Waals surface area contributed by atoms with E-state index < -0.39 is 4.92 Å². The minimum Gasteiger partial charge on any atom is -0.381 e. The van der Waals surface area contributed by atoms with Crippen molar-refractivity contribution in [3.63, 3.8) is 0 Å². The first-order chi connectivity index (χ1) is 9.06. The van der Waals surface area contributed by atoms with Crippen molar-refractivity contribution in [1.82, 2.24) is 0 Å². The first kappa shape index (κ1) is 13.6. The average molecular weight is 297 g/mol. The zero-order valence-electron chi connectivity index (χ0n) is 9.77. The highest BCUT2D eigenvalue weighted by molar-refractivity contribution is 6.31. The first-order valence-corrected chi connectivity index (χ1v) is 6.24. The standard InChI is InChI=1S/C13H10Cl2N2O2/c14-10-2-1-3-12(6-10)16-8-9-4-5-11(15)7-13(9)17(18)19/h1-7,16H,8H2. The molecule has 0 radical (unpaired) electrons. The summed E-state index contributed by atoms with van der Waals surface area (Å²) in [5.41, 5.74) is 1.37. The number of hydrogen-bond acceptors (Lipinski definition) is 3.